The van der Waals surface area contributed by atoms with E-state index in [2.05, 4.69) is 21.2 Å². The minimum absolute atomic E-state index is 0.0189. The van der Waals surface area contributed by atoms with Crippen LogP contribution in [0.25, 0.3) is 0 Å². The van der Waals surface area contributed by atoms with Crippen molar-refractivity contribution < 1.29 is 18.0 Å². The van der Waals surface area contributed by atoms with Crippen LogP contribution >= 0.6 is 39.1 Å². The van der Waals surface area contributed by atoms with Crippen LogP contribution in [0.2, 0.25) is 10.0 Å². The Bertz CT molecular complexity index is 1250. The summed E-state index contributed by atoms with van der Waals surface area (Å²) in [4.78, 5) is 28.3. The van der Waals surface area contributed by atoms with Crippen LogP contribution in [0.4, 0.5) is 5.69 Å². The molecule has 2 aromatic rings. The van der Waals surface area contributed by atoms with Gasteiger partial charge in [0.25, 0.3) is 0 Å². The number of aryl methyl sites for hydroxylation is 1. The molecule has 11 heteroatoms. The van der Waals surface area contributed by atoms with Gasteiger partial charge in [-0.25, -0.2) is 8.42 Å². The number of amides is 2. The van der Waals surface area contributed by atoms with Crippen molar-refractivity contribution in [3.05, 3.63) is 62.0 Å². The molecule has 0 saturated heterocycles. The van der Waals surface area contributed by atoms with Gasteiger partial charge in [0.1, 0.15) is 12.6 Å². The molecule has 7 nitrogen and oxygen atoms in total. The largest absolute Gasteiger partial charge is 0.352 e. The SMILES string of the molecule is Cc1cc(N(CC(=O)N(Cc2ccc(Cl)cc2Cl)[C@H](C)C(=O)NC2CCCCC2)S(C)(=O)=O)ccc1Br. The molecule has 0 unspecified atom stereocenters. The second-order valence-electron chi connectivity index (χ2n) is 9.48. The van der Waals surface area contributed by atoms with E-state index in [1.54, 1.807) is 43.3 Å². The maximum atomic E-state index is 13.7. The number of carbonyl (C=O) groups is 2. The fourth-order valence-electron chi connectivity index (χ4n) is 4.38. The summed E-state index contributed by atoms with van der Waals surface area (Å²) >= 11 is 15.9. The molecule has 0 heterocycles. The molecule has 0 aliphatic heterocycles. The smallest absolute Gasteiger partial charge is 0.244 e. The lowest BCUT2D eigenvalue weighted by Crippen LogP contribution is -2.53. The van der Waals surface area contributed by atoms with Gasteiger partial charge in [0.2, 0.25) is 21.8 Å². The van der Waals surface area contributed by atoms with Crippen molar-refractivity contribution in [1.29, 1.82) is 0 Å². The van der Waals surface area contributed by atoms with Crippen molar-refractivity contribution >= 4 is 66.7 Å². The van der Waals surface area contributed by atoms with Crippen LogP contribution in [0, 0.1) is 6.92 Å². The van der Waals surface area contributed by atoms with E-state index >= 15 is 0 Å². The highest BCUT2D eigenvalue weighted by atomic mass is 79.9. The summed E-state index contributed by atoms with van der Waals surface area (Å²) in [6.07, 6.45) is 6.12. The summed E-state index contributed by atoms with van der Waals surface area (Å²) in [5.41, 5.74) is 1.78. The first kappa shape index (κ1) is 29.7. The third-order valence-corrected chi connectivity index (χ3v) is 9.20. The second-order valence-corrected chi connectivity index (χ2v) is 13.1. The van der Waals surface area contributed by atoms with Crippen molar-refractivity contribution in [1.82, 2.24) is 10.2 Å². The Morgan fingerprint density at radius 1 is 1.11 bits per heavy atom. The number of carbonyl (C=O) groups excluding carboxylic acids is 2. The van der Waals surface area contributed by atoms with E-state index in [1.165, 1.54) is 4.90 Å². The molecular weight excluding hydrogens is 601 g/mol. The average Bonchev–Trinajstić information content (AvgIpc) is 2.83. The Morgan fingerprint density at radius 3 is 2.38 bits per heavy atom. The highest BCUT2D eigenvalue weighted by Gasteiger charge is 2.31. The first-order valence-corrected chi connectivity index (χ1v) is 15.5. The van der Waals surface area contributed by atoms with Crippen LogP contribution in [-0.2, 0) is 26.2 Å². The van der Waals surface area contributed by atoms with Crippen molar-refractivity contribution in [3.8, 4) is 0 Å². The van der Waals surface area contributed by atoms with Gasteiger partial charge in [0.05, 0.1) is 11.9 Å². The Kier molecular flexibility index (Phi) is 10.3. The lowest BCUT2D eigenvalue weighted by molar-refractivity contribution is -0.139. The van der Waals surface area contributed by atoms with Crippen LogP contribution < -0.4 is 9.62 Å². The number of nitrogens with one attached hydrogen (secondary N) is 1. The predicted octanol–water partition coefficient (Wildman–Crippen LogP) is 5.70. The molecule has 2 amide bonds. The van der Waals surface area contributed by atoms with Gasteiger partial charge in [-0.15, -0.1) is 0 Å². The van der Waals surface area contributed by atoms with E-state index < -0.39 is 28.5 Å². The van der Waals surface area contributed by atoms with Crippen LogP contribution in [0.3, 0.4) is 0 Å². The third-order valence-electron chi connectivity index (χ3n) is 6.58. The number of nitrogens with zero attached hydrogens (tertiary/aromatic N) is 2. The molecule has 1 saturated carbocycles. The van der Waals surface area contributed by atoms with E-state index in [-0.39, 0.29) is 18.5 Å². The van der Waals surface area contributed by atoms with Crippen LogP contribution in [0.15, 0.2) is 40.9 Å². The molecule has 0 radical (unpaired) electrons. The summed E-state index contributed by atoms with van der Waals surface area (Å²) in [7, 11) is -3.80. The maximum absolute atomic E-state index is 13.7. The number of hydrogen-bond acceptors (Lipinski definition) is 4. The van der Waals surface area contributed by atoms with E-state index in [4.69, 9.17) is 23.2 Å². The van der Waals surface area contributed by atoms with Gasteiger partial charge in [-0.2, -0.15) is 0 Å². The molecule has 202 valence electrons. The number of rotatable bonds is 9. The predicted molar refractivity (Wildman–Crippen MR) is 153 cm³/mol. The van der Waals surface area contributed by atoms with E-state index in [1.807, 2.05) is 6.92 Å². The Balaban J connectivity index is 1.91. The lowest BCUT2D eigenvalue weighted by atomic mass is 9.95. The second kappa shape index (κ2) is 12.8. The molecule has 0 bridgehead atoms. The minimum atomic E-state index is -3.80. The Hall–Kier alpha value is -1.81. The quantitative estimate of drug-likeness (QED) is 0.384. The molecule has 1 aliphatic rings. The summed E-state index contributed by atoms with van der Waals surface area (Å²) in [6, 6.07) is 9.20. The maximum Gasteiger partial charge on any atom is 0.244 e. The molecular formula is C26H32BrCl2N3O4S. The number of halogens is 3. The fourth-order valence-corrected chi connectivity index (χ4v) is 5.94. The zero-order valence-electron chi connectivity index (χ0n) is 21.1. The summed E-state index contributed by atoms with van der Waals surface area (Å²) in [5, 5.41) is 3.87. The van der Waals surface area contributed by atoms with Crippen LogP contribution in [-0.4, -0.2) is 50.0 Å². The number of benzene rings is 2. The third kappa shape index (κ3) is 8.09. The Morgan fingerprint density at radius 2 is 1.78 bits per heavy atom. The zero-order chi connectivity index (χ0) is 27.3. The van der Waals surface area contributed by atoms with Crippen LogP contribution in [0.5, 0.6) is 0 Å². The molecule has 2 aromatic carbocycles. The van der Waals surface area contributed by atoms with Crippen molar-refractivity contribution in [2.45, 2.75) is 64.6 Å². The topological polar surface area (TPSA) is 86.8 Å². The molecule has 37 heavy (non-hydrogen) atoms. The summed E-state index contributed by atoms with van der Waals surface area (Å²) in [6.45, 7) is 3.04. The van der Waals surface area contributed by atoms with Gasteiger partial charge in [-0.05, 0) is 68.1 Å². The standard InChI is InChI=1S/C26H32BrCl2N3O4S/c1-17-13-22(11-12-23(17)27)32(37(3,35)36)16-25(33)31(15-19-9-10-20(28)14-24(19)29)18(2)26(34)30-21-7-5-4-6-8-21/h9-14,18,21H,4-8,15-16H2,1-3H3,(H,30,34)/t18-/m1/s1. The number of sulfonamides is 1. The van der Waals surface area contributed by atoms with E-state index in [9.17, 15) is 18.0 Å². The Labute approximate surface area is 237 Å². The minimum Gasteiger partial charge on any atom is -0.352 e. The summed E-state index contributed by atoms with van der Waals surface area (Å²) in [5.74, 6) is -0.806. The molecule has 1 N–H and O–H groups in total. The van der Waals surface area contributed by atoms with Gasteiger partial charge in [-0.1, -0.05) is 64.5 Å². The highest BCUT2D eigenvalue weighted by Crippen LogP contribution is 2.27. The zero-order valence-corrected chi connectivity index (χ0v) is 25.1. The fraction of sp³-hybridized carbons (Fsp3) is 0.462. The van der Waals surface area contributed by atoms with Crippen molar-refractivity contribution in [2.24, 2.45) is 0 Å². The average molecular weight is 633 g/mol. The molecule has 1 fully saturated rings. The first-order valence-electron chi connectivity index (χ1n) is 12.1. The van der Waals surface area contributed by atoms with Gasteiger partial charge in [0.15, 0.2) is 0 Å². The lowest BCUT2D eigenvalue weighted by Gasteiger charge is -2.33. The van der Waals surface area contributed by atoms with Gasteiger partial charge >= 0.3 is 0 Å². The van der Waals surface area contributed by atoms with Gasteiger partial charge in [-0.3, -0.25) is 13.9 Å². The first-order chi connectivity index (χ1) is 17.4. The normalized spacial score (nSPS) is 15.2. The van der Waals surface area contributed by atoms with Crippen LogP contribution in [0.1, 0.15) is 50.2 Å². The number of anilines is 1. The molecule has 0 spiro atoms. The molecule has 1 aliphatic carbocycles. The molecule has 0 aromatic heterocycles. The highest BCUT2D eigenvalue weighted by molar-refractivity contribution is 9.10. The van der Waals surface area contributed by atoms with Crippen molar-refractivity contribution in [2.75, 3.05) is 17.1 Å². The van der Waals surface area contributed by atoms with Gasteiger partial charge < -0.3 is 10.2 Å². The molecule has 1 atom stereocenters. The molecule has 3 rings (SSSR count). The van der Waals surface area contributed by atoms with E-state index in [0.29, 0.717) is 21.3 Å². The monoisotopic (exact) mass is 631 g/mol. The number of hydrogen-bond donors (Lipinski definition) is 1. The summed E-state index contributed by atoms with van der Waals surface area (Å²) < 4.78 is 27.3. The van der Waals surface area contributed by atoms with Gasteiger partial charge in [0, 0.05) is 27.1 Å². The van der Waals surface area contributed by atoms with E-state index in [0.717, 1.165) is 52.7 Å². The van der Waals surface area contributed by atoms with Crippen molar-refractivity contribution in [3.63, 3.8) is 0 Å².